The van der Waals surface area contributed by atoms with Crippen LogP contribution in [0, 0.1) is 0 Å². The van der Waals surface area contributed by atoms with Crippen molar-refractivity contribution in [2.24, 2.45) is 0 Å². The summed E-state index contributed by atoms with van der Waals surface area (Å²) in [5, 5.41) is 0. The lowest BCUT2D eigenvalue weighted by molar-refractivity contribution is 0.0661. The quantitative estimate of drug-likeness (QED) is 0.844. The molecule has 1 aromatic heterocycles. The van der Waals surface area contributed by atoms with Gasteiger partial charge in [0.1, 0.15) is 5.69 Å². The molecule has 0 saturated heterocycles. The van der Waals surface area contributed by atoms with Gasteiger partial charge >= 0.3 is 0 Å². The van der Waals surface area contributed by atoms with Gasteiger partial charge in [-0.15, -0.1) is 0 Å². The highest BCUT2D eigenvalue weighted by Gasteiger charge is 2.29. The number of sulfonamides is 1. The molecule has 0 bridgehead atoms. The van der Waals surface area contributed by atoms with Gasteiger partial charge in [-0.2, -0.15) is 0 Å². The van der Waals surface area contributed by atoms with Crippen LogP contribution in [0.15, 0.2) is 18.3 Å². The van der Waals surface area contributed by atoms with Crippen LogP contribution >= 0.6 is 0 Å². The summed E-state index contributed by atoms with van der Waals surface area (Å²) >= 11 is 0. The first-order valence-corrected chi connectivity index (χ1v) is 7.99. The molecule has 1 aromatic rings. The maximum atomic E-state index is 12.1. The van der Waals surface area contributed by atoms with E-state index in [0.29, 0.717) is 18.7 Å². The molecule has 19 heavy (non-hydrogen) atoms. The Bertz CT molecular complexity index is 565. The molecule has 0 aromatic carbocycles. The van der Waals surface area contributed by atoms with Crippen molar-refractivity contribution < 1.29 is 13.2 Å². The minimum Gasteiger partial charge on any atom is -0.341 e. The molecule has 0 aliphatic carbocycles. The smallest absolute Gasteiger partial charge is 0.270 e. The van der Waals surface area contributed by atoms with Crippen molar-refractivity contribution in [3.8, 4) is 0 Å². The molecule has 1 amide bonds. The Kier molecular flexibility index (Phi) is 3.96. The third-order valence-electron chi connectivity index (χ3n) is 3.34. The fraction of sp³-hybridized carbons (Fsp3) is 0.583. The fourth-order valence-corrected chi connectivity index (χ4v) is 3.36. The van der Waals surface area contributed by atoms with Crippen LogP contribution in [-0.4, -0.2) is 49.2 Å². The zero-order valence-electron chi connectivity index (χ0n) is 11.2. The molecule has 1 N–H and O–H groups in total. The average molecular weight is 285 g/mol. The fourth-order valence-electron chi connectivity index (χ4n) is 2.23. The second-order valence-corrected chi connectivity index (χ2v) is 6.71. The van der Waals surface area contributed by atoms with Crippen LogP contribution in [0.1, 0.15) is 23.8 Å². The minimum atomic E-state index is -3.23. The summed E-state index contributed by atoms with van der Waals surface area (Å²) in [6.45, 7) is 2.68. The first kappa shape index (κ1) is 14.1. The largest absolute Gasteiger partial charge is 0.341 e. The van der Waals surface area contributed by atoms with Crippen molar-refractivity contribution in [3.05, 3.63) is 24.0 Å². The van der Waals surface area contributed by atoms with Crippen LogP contribution in [-0.2, 0) is 16.6 Å². The number of amides is 1. The molecule has 1 aliphatic rings. The highest BCUT2D eigenvalue weighted by atomic mass is 32.2. The summed E-state index contributed by atoms with van der Waals surface area (Å²) in [5.74, 6) is 0.0440. The van der Waals surface area contributed by atoms with Crippen molar-refractivity contribution in [2.75, 3.05) is 19.3 Å². The number of likely N-dealkylation sites (N-methyl/N-ethyl adjacent to an activating group) is 1. The van der Waals surface area contributed by atoms with Crippen molar-refractivity contribution in [1.82, 2.24) is 14.2 Å². The number of hydrogen-bond acceptors (Lipinski definition) is 3. The predicted octanol–water partition coefficient (Wildman–Crippen LogP) is 0.272. The molecule has 1 atom stereocenters. The molecular formula is C12H19N3O3S. The topological polar surface area (TPSA) is 71.4 Å². The number of carbonyl (C=O) groups is 1. The highest BCUT2D eigenvalue weighted by molar-refractivity contribution is 7.89. The Morgan fingerprint density at radius 2 is 2.21 bits per heavy atom. The van der Waals surface area contributed by atoms with Crippen molar-refractivity contribution in [3.63, 3.8) is 0 Å². The van der Waals surface area contributed by atoms with E-state index in [0.717, 1.165) is 0 Å². The number of hydrogen-bond donors (Lipinski definition) is 1. The Balaban J connectivity index is 2.05. The maximum absolute atomic E-state index is 12.1. The molecule has 0 fully saturated rings. The third kappa shape index (κ3) is 2.98. The van der Waals surface area contributed by atoms with E-state index >= 15 is 0 Å². The van der Waals surface area contributed by atoms with E-state index in [4.69, 9.17) is 0 Å². The van der Waals surface area contributed by atoms with Crippen LogP contribution in [0.3, 0.4) is 0 Å². The van der Waals surface area contributed by atoms with E-state index in [-0.39, 0.29) is 24.2 Å². The van der Waals surface area contributed by atoms with E-state index in [2.05, 4.69) is 4.72 Å². The summed E-state index contributed by atoms with van der Waals surface area (Å²) in [7, 11) is -1.53. The van der Waals surface area contributed by atoms with Gasteiger partial charge in [-0.25, -0.2) is 13.1 Å². The molecule has 2 heterocycles. The van der Waals surface area contributed by atoms with E-state index in [1.807, 2.05) is 23.8 Å². The summed E-state index contributed by atoms with van der Waals surface area (Å²) in [6, 6.07) is 3.44. The number of aromatic nitrogens is 1. The normalized spacial score (nSPS) is 19.6. The lowest BCUT2D eigenvalue weighted by atomic mass is 10.2. The molecule has 1 unspecified atom stereocenters. The lowest BCUT2D eigenvalue weighted by Crippen LogP contribution is -2.51. The van der Waals surface area contributed by atoms with Crippen LogP contribution < -0.4 is 4.72 Å². The Hall–Kier alpha value is -1.34. The first-order valence-electron chi connectivity index (χ1n) is 6.34. The van der Waals surface area contributed by atoms with Gasteiger partial charge < -0.3 is 9.47 Å². The molecule has 0 spiro atoms. The standard InChI is InChI=1S/C12H19N3O3S/c1-3-7-19(17,18)13-8-10-9-15-6-4-5-11(15)12(16)14(10)2/h4-6,10,13H,3,7-9H2,1-2H3. The van der Waals surface area contributed by atoms with Crippen molar-refractivity contribution >= 4 is 15.9 Å². The number of nitrogens with zero attached hydrogens (tertiary/aromatic N) is 2. The van der Waals surface area contributed by atoms with Crippen LogP contribution in [0.25, 0.3) is 0 Å². The Morgan fingerprint density at radius 3 is 2.89 bits per heavy atom. The Labute approximate surface area is 113 Å². The van der Waals surface area contributed by atoms with Gasteiger partial charge in [-0.3, -0.25) is 4.79 Å². The number of nitrogens with one attached hydrogen (secondary N) is 1. The molecule has 7 heteroatoms. The summed E-state index contributed by atoms with van der Waals surface area (Å²) < 4.78 is 27.7. The Morgan fingerprint density at radius 1 is 1.47 bits per heavy atom. The molecule has 106 valence electrons. The van der Waals surface area contributed by atoms with Crippen molar-refractivity contribution in [1.29, 1.82) is 0 Å². The van der Waals surface area contributed by atoms with Gasteiger partial charge in [0, 0.05) is 26.3 Å². The van der Waals surface area contributed by atoms with Gasteiger partial charge in [0.25, 0.3) is 5.91 Å². The van der Waals surface area contributed by atoms with Crippen molar-refractivity contribution in [2.45, 2.75) is 25.9 Å². The molecular weight excluding hydrogens is 266 g/mol. The monoisotopic (exact) mass is 285 g/mol. The van der Waals surface area contributed by atoms with Gasteiger partial charge in [0.15, 0.2) is 0 Å². The molecule has 0 saturated carbocycles. The summed E-state index contributed by atoms with van der Waals surface area (Å²) in [5.41, 5.74) is 0.648. The molecule has 6 nitrogen and oxygen atoms in total. The molecule has 2 rings (SSSR count). The summed E-state index contributed by atoms with van der Waals surface area (Å²) in [6.07, 6.45) is 2.42. The van der Waals surface area contributed by atoms with Crippen LogP contribution in [0.2, 0.25) is 0 Å². The SMILES string of the molecule is CCCS(=O)(=O)NCC1Cn2cccc2C(=O)N1C. The highest BCUT2D eigenvalue weighted by Crippen LogP contribution is 2.16. The second-order valence-electron chi connectivity index (χ2n) is 4.78. The number of carbonyl (C=O) groups excluding carboxylic acids is 1. The maximum Gasteiger partial charge on any atom is 0.270 e. The average Bonchev–Trinajstić information content (AvgIpc) is 2.80. The molecule has 0 radical (unpaired) electrons. The lowest BCUT2D eigenvalue weighted by Gasteiger charge is -2.33. The zero-order valence-corrected chi connectivity index (χ0v) is 12.0. The van der Waals surface area contributed by atoms with E-state index in [1.165, 1.54) is 0 Å². The first-order chi connectivity index (χ1) is 8.94. The number of fused-ring (bicyclic) bond motifs is 1. The van der Waals surface area contributed by atoms with Gasteiger partial charge in [-0.05, 0) is 18.6 Å². The molecule has 1 aliphatic heterocycles. The third-order valence-corrected chi connectivity index (χ3v) is 4.89. The van der Waals surface area contributed by atoms with E-state index in [9.17, 15) is 13.2 Å². The number of rotatable bonds is 5. The zero-order chi connectivity index (χ0) is 14.0. The van der Waals surface area contributed by atoms with Gasteiger partial charge in [0.05, 0.1) is 11.8 Å². The minimum absolute atomic E-state index is 0.0732. The van der Waals surface area contributed by atoms with E-state index < -0.39 is 10.0 Å². The van der Waals surface area contributed by atoms with E-state index in [1.54, 1.807) is 18.0 Å². The summed E-state index contributed by atoms with van der Waals surface area (Å²) in [4.78, 5) is 13.7. The van der Waals surface area contributed by atoms with Gasteiger partial charge in [0.2, 0.25) is 10.0 Å². The predicted molar refractivity (Wildman–Crippen MR) is 72.4 cm³/mol. The second kappa shape index (κ2) is 5.34. The van der Waals surface area contributed by atoms with Gasteiger partial charge in [-0.1, -0.05) is 6.92 Å². The van der Waals surface area contributed by atoms with Crippen LogP contribution in [0.4, 0.5) is 0 Å². The van der Waals surface area contributed by atoms with Crippen LogP contribution in [0.5, 0.6) is 0 Å².